The lowest BCUT2D eigenvalue weighted by Gasteiger charge is -2.07. The van der Waals surface area contributed by atoms with Gasteiger partial charge in [-0.25, -0.2) is 0 Å². The first-order valence-electron chi connectivity index (χ1n) is 3.70. The molecule has 0 unspecified atom stereocenters. The number of halogens is 3. The molecule has 0 fully saturated rings. The Morgan fingerprint density at radius 2 is 2.14 bits per heavy atom. The third-order valence-electron chi connectivity index (χ3n) is 1.37. The van der Waals surface area contributed by atoms with Gasteiger partial charge in [0, 0.05) is 18.8 Å². The van der Waals surface area contributed by atoms with Crippen LogP contribution in [0, 0.1) is 0 Å². The first kappa shape index (κ1) is 10.5. The van der Waals surface area contributed by atoms with Gasteiger partial charge in [-0.15, -0.1) is 0 Å². The highest BCUT2D eigenvalue weighted by Gasteiger charge is 2.32. The molecule has 1 N–H and O–H groups in total. The number of amides is 1. The Hall–Kier alpha value is -1.59. The molecular formula is C8H7F3N2O. The van der Waals surface area contributed by atoms with Crippen molar-refractivity contribution in [3.63, 3.8) is 0 Å². The van der Waals surface area contributed by atoms with Crippen LogP contribution in [0.4, 0.5) is 18.9 Å². The standard InChI is InChI=1S/C8H7F3N2O/c1-5(14)13-6-2-3-12-7(4-6)8(9,10)11/h2-4H,1H3,(H,12,13,14). The van der Waals surface area contributed by atoms with Crippen molar-refractivity contribution < 1.29 is 18.0 Å². The van der Waals surface area contributed by atoms with E-state index in [4.69, 9.17) is 0 Å². The van der Waals surface area contributed by atoms with Crippen LogP contribution >= 0.6 is 0 Å². The fourth-order valence-corrected chi connectivity index (χ4v) is 0.867. The number of hydrogen-bond donors (Lipinski definition) is 1. The van der Waals surface area contributed by atoms with Gasteiger partial charge in [-0.3, -0.25) is 9.78 Å². The third kappa shape index (κ3) is 2.72. The number of carbonyl (C=O) groups is 1. The minimum Gasteiger partial charge on any atom is -0.326 e. The molecule has 1 aromatic rings. The predicted molar refractivity (Wildman–Crippen MR) is 43.5 cm³/mol. The van der Waals surface area contributed by atoms with Crippen LogP contribution in [-0.4, -0.2) is 10.9 Å². The van der Waals surface area contributed by atoms with Crippen molar-refractivity contribution in [3.05, 3.63) is 24.0 Å². The molecule has 3 nitrogen and oxygen atoms in total. The minimum atomic E-state index is -4.49. The average molecular weight is 204 g/mol. The highest BCUT2D eigenvalue weighted by atomic mass is 19.4. The second-order valence-corrected chi connectivity index (χ2v) is 2.61. The Labute approximate surface area is 78.0 Å². The number of nitrogens with one attached hydrogen (secondary N) is 1. The maximum absolute atomic E-state index is 12.1. The molecule has 0 saturated heterocycles. The second-order valence-electron chi connectivity index (χ2n) is 2.61. The average Bonchev–Trinajstić information content (AvgIpc) is 2.01. The van der Waals surface area contributed by atoms with Crippen LogP contribution in [0.25, 0.3) is 0 Å². The van der Waals surface area contributed by atoms with Crippen LogP contribution in [0.2, 0.25) is 0 Å². The molecule has 14 heavy (non-hydrogen) atoms. The number of aromatic nitrogens is 1. The zero-order valence-corrected chi connectivity index (χ0v) is 7.22. The Morgan fingerprint density at radius 3 is 2.64 bits per heavy atom. The van der Waals surface area contributed by atoms with Crippen molar-refractivity contribution in [2.75, 3.05) is 5.32 Å². The van der Waals surface area contributed by atoms with E-state index in [2.05, 4.69) is 10.3 Å². The lowest BCUT2D eigenvalue weighted by Crippen LogP contribution is -2.10. The maximum Gasteiger partial charge on any atom is 0.433 e. The summed E-state index contributed by atoms with van der Waals surface area (Å²) in [5.74, 6) is -0.427. The Kier molecular flexibility index (Phi) is 2.73. The molecule has 0 spiro atoms. The molecule has 76 valence electrons. The van der Waals surface area contributed by atoms with Crippen LogP contribution in [0.5, 0.6) is 0 Å². The fourth-order valence-electron chi connectivity index (χ4n) is 0.867. The van der Waals surface area contributed by atoms with Crippen molar-refractivity contribution in [1.29, 1.82) is 0 Å². The topological polar surface area (TPSA) is 42.0 Å². The summed E-state index contributed by atoms with van der Waals surface area (Å²) >= 11 is 0. The van der Waals surface area contributed by atoms with Gasteiger partial charge in [0.25, 0.3) is 0 Å². The van der Waals surface area contributed by atoms with E-state index in [-0.39, 0.29) is 5.69 Å². The van der Waals surface area contributed by atoms with Gasteiger partial charge in [-0.2, -0.15) is 13.2 Å². The summed E-state index contributed by atoms with van der Waals surface area (Å²) in [5.41, 5.74) is -0.941. The van der Waals surface area contributed by atoms with Crippen molar-refractivity contribution in [2.24, 2.45) is 0 Å². The molecular weight excluding hydrogens is 197 g/mol. The molecule has 0 aliphatic rings. The Balaban J connectivity index is 2.95. The van der Waals surface area contributed by atoms with Crippen molar-refractivity contribution in [2.45, 2.75) is 13.1 Å². The highest BCUT2D eigenvalue weighted by Crippen LogP contribution is 2.28. The SMILES string of the molecule is CC(=O)Nc1ccnc(C(F)(F)F)c1. The Bertz CT molecular complexity index is 349. The van der Waals surface area contributed by atoms with E-state index < -0.39 is 17.8 Å². The zero-order valence-electron chi connectivity index (χ0n) is 7.22. The van der Waals surface area contributed by atoms with Crippen molar-refractivity contribution >= 4 is 11.6 Å². The number of rotatable bonds is 1. The van der Waals surface area contributed by atoms with Gasteiger partial charge in [0.15, 0.2) is 0 Å². The van der Waals surface area contributed by atoms with Gasteiger partial charge in [-0.05, 0) is 12.1 Å². The quantitative estimate of drug-likeness (QED) is 0.760. The molecule has 0 aliphatic carbocycles. The van der Waals surface area contributed by atoms with Crippen LogP contribution in [-0.2, 0) is 11.0 Å². The molecule has 1 aromatic heterocycles. The molecule has 0 aromatic carbocycles. The molecule has 1 heterocycles. The highest BCUT2D eigenvalue weighted by molar-refractivity contribution is 5.88. The van der Waals surface area contributed by atoms with Gasteiger partial charge in [0.1, 0.15) is 5.69 Å². The molecule has 1 amide bonds. The number of anilines is 1. The lowest BCUT2D eigenvalue weighted by atomic mass is 10.3. The van der Waals surface area contributed by atoms with E-state index in [1.165, 1.54) is 13.0 Å². The van der Waals surface area contributed by atoms with Crippen molar-refractivity contribution in [3.8, 4) is 0 Å². The molecule has 0 radical (unpaired) electrons. The summed E-state index contributed by atoms with van der Waals surface area (Å²) in [4.78, 5) is 13.7. The normalized spacial score (nSPS) is 11.1. The summed E-state index contributed by atoms with van der Waals surface area (Å²) in [5, 5.41) is 2.24. The second kappa shape index (κ2) is 3.65. The van der Waals surface area contributed by atoms with Crippen LogP contribution in [0.3, 0.4) is 0 Å². The van der Waals surface area contributed by atoms with Gasteiger partial charge in [0.2, 0.25) is 5.91 Å². The van der Waals surface area contributed by atoms with Crippen LogP contribution < -0.4 is 5.32 Å². The van der Waals surface area contributed by atoms with Gasteiger partial charge in [-0.1, -0.05) is 0 Å². The predicted octanol–water partition coefficient (Wildman–Crippen LogP) is 2.06. The van der Waals surface area contributed by atoms with Gasteiger partial charge in [0.05, 0.1) is 0 Å². The van der Waals surface area contributed by atoms with Crippen LogP contribution in [0.1, 0.15) is 12.6 Å². The van der Waals surface area contributed by atoms with E-state index in [1.807, 2.05) is 0 Å². The maximum atomic E-state index is 12.1. The Morgan fingerprint density at radius 1 is 1.50 bits per heavy atom. The summed E-state index contributed by atoms with van der Waals surface area (Å²) in [7, 11) is 0. The molecule has 0 atom stereocenters. The van der Waals surface area contributed by atoms with E-state index in [1.54, 1.807) is 0 Å². The van der Waals surface area contributed by atoms with Gasteiger partial charge < -0.3 is 5.32 Å². The molecule has 0 saturated carbocycles. The number of hydrogen-bond acceptors (Lipinski definition) is 2. The van der Waals surface area contributed by atoms with Gasteiger partial charge >= 0.3 is 6.18 Å². The number of nitrogens with zero attached hydrogens (tertiary/aromatic N) is 1. The number of alkyl halides is 3. The molecule has 6 heteroatoms. The molecule has 0 bridgehead atoms. The van der Waals surface area contributed by atoms with Crippen molar-refractivity contribution in [1.82, 2.24) is 4.98 Å². The van der Waals surface area contributed by atoms with Crippen LogP contribution in [0.15, 0.2) is 18.3 Å². The first-order chi connectivity index (χ1) is 6.39. The lowest BCUT2D eigenvalue weighted by molar-refractivity contribution is -0.141. The molecule has 0 aliphatic heterocycles. The molecule has 1 rings (SSSR count). The fraction of sp³-hybridized carbons (Fsp3) is 0.250. The number of pyridine rings is 1. The first-order valence-corrected chi connectivity index (χ1v) is 3.70. The summed E-state index contributed by atoms with van der Waals surface area (Å²) in [6.07, 6.45) is -3.50. The number of carbonyl (C=O) groups excluding carboxylic acids is 1. The monoisotopic (exact) mass is 204 g/mol. The minimum absolute atomic E-state index is 0.0832. The van der Waals surface area contributed by atoms with E-state index >= 15 is 0 Å². The smallest absolute Gasteiger partial charge is 0.326 e. The van der Waals surface area contributed by atoms with E-state index in [0.29, 0.717) is 0 Å². The summed E-state index contributed by atoms with van der Waals surface area (Å²) < 4.78 is 36.4. The summed E-state index contributed by atoms with van der Waals surface area (Å²) in [6, 6.07) is 2.07. The third-order valence-corrected chi connectivity index (χ3v) is 1.37. The zero-order chi connectivity index (χ0) is 10.8. The summed E-state index contributed by atoms with van der Waals surface area (Å²) in [6.45, 7) is 1.22. The largest absolute Gasteiger partial charge is 0.433 e. The van der Waals surface area contributed by atoms with E-state index in [9.17, 15) is 18.0 Å². The van der Waals surface area contributed by atoms with E-state index in [0.717, 1.165) is 12.3 Å².